The fourth-order valence-electron chi connectivity index (χ4n) is 3.01. The van der Waals surface area contributed by atoms with Crippen molar-refractivity contribution in [2.45, 2.75) is 26.7 Å². The van der Waals surface area contributed by atoms with Crippen LogP contribution in [0.3, 0.4) is 0 Å². The van der Waals surface area contributed by atoms with Gasteiger partial charge >= 0.3 is 5.97 Å². The second-order valence-corrected chi connectivity index (χ2v) is 6.57. The summed E-state index contributed by atoms with van der Waals surface area (Å²) in [5.74, 6) is -0.948. The summed E-state index contributed by atoms with van der Waals surface area (Å²) >= 11 is 0. The van der Waals surface area contributed by atoms with Crippen molar-refractivity contribution >= 4 is 29.2 Å². The van der Waals surface area contributed by atoms with Gasteiger partial charge in [0.05, 0.1) is 5.56 Å². The molecule has 0 unspecified atom stereocenters. The molecule has 0 spiro atoms. The fraction of sp³-hybridized carbons (Fsp3) is 0.286. The van der Waals surface area contributed by atoms with Crippen molar-refractivity contribution in [2.24, 2.45) is 0 Å². The smallest absolute Gasteiger partial charge is 0.338 e. The van der Waals surface area contributed by atoms with Gasteiger partial charge in [-0.3, -0.25) is 9.59 Å². The monoisotopic (exact) mass is 366 g/mol. The molecule has 1 fully saturated rings. The van der Waals surface area contributed by atoms with Crippen LogP contribution < -0.4 is 10.2 Å². The Morgan fingerprint density at radius 3 is 2.67 bits per heavy atom. The Kier molecular flexibility index (Phi) is 5.54. The first-order valence-corrected chi connectivity index (χ1v) is 8.89. The van der Waals surface area contributed by atoms with Gasteiger partial charge in [-0.05, 0) is 55.7 Å². The number of nitrogens with one attached hydrogen (secondary N) is 1. The predicted molar refractivity (Wildman–Crippen MR) is 103 cm³/mol. The van der Waals surface area contributed by atoms with E-state index in [4.69, 9.17) is 4.74 Å². The van der Waals surface area contributed by atoms with Crippen LogP contribution >= 0.6 is 0 Å². The molecule has 0 atom stereocenters. The zero-order chi connectivity index (χ0) is 19.4. The Labute approximate surface area is 158 Å². The second-order valence-electron chi connectivity index (χ2n) is 6.57. The maximum absolute atomic E-state index is 12.3. The normalized spacial score (nSPS) is 13.6. The van der Waals surface area contributed by atoms with E-state index in [0.717, 1.165) is 17.5 Å². The first kappa shape index (κ1) is 18.6. The van der Waals surface area contributed by atoms with Crippen molar-refractivity contribution in [2.75, 3.05) is 23.4 Å². The number of aryl methyl sites for hydroxylation is 1. The highest BCUT2D eigenvalue weighted by molar-refractivity contribution is 5.98. The van der Waals surface area contributed by atoms with Crippen LogP contribution in [0.25, 0.3) is 0 Å². The standard InChI is InChI=1S/C21H22N2O4/c1-14-6-3-9-18(15(14)2)22-19(24)13-27-21(26)16-7-4-8-17(12-16)23-11-5-10-20(23)25/h3-4,6-9,12H,5,10-11,13H2,1-2H3,(H,22,24). The first-order chi connectivity index (χ1) is 13.0. The van der Waals surface area contributed by atoms with E-state index in [9.17, 15) is 14.4 Å². The summed E-state index contributed by atoms with van der Waals surface area (Å²) in [5, 5.41) is 2.75. The summed E-state index contributed by atoms with van der Waals surface area (Å²) in [5.41, 5.74) is 3.72. The van der Waals surface area contributed by atoms with Crippen molar-refractivity contribution in [3.8, 4) is 0 Å². The van der Waals surface area contributed by atoms with Crippen molar-refractivity contribution < 1.29 is 19.1 Å². The molecule has 0 aliphatic carbocycles. The van der Waals surface area contributed by atoms with Crippen molar-refractivity contribution in [3.05, 3.63) is 59.2 Å². The maximum atomic E-state index is 12.3. The minimum absolute atomic E-state index is 0.0495. The Bertz CT molecular complexity index is 892. The number of rotatable bonds is 5. The van der Waals surface area contributed by atoms with Crippen molar-refractivity contribution in [1.29, 1.82) is 0 Å². The zero-order valence-electron chi connectivity index (χ0n) is 15.5. The van der Waals surface area contributed by atoms with Crippen LogP contribution in [-0.2, 0) is 14.3 Å². The second kappa shape index (κ2) is 8.03. The SMILES string of the molecule is Cc1cccc(NC(=O)COC(=O)c2cccc(N3CCCC3=O)c2)c1C. The molecule has 140 valence electrons. The number of hydrogen-bond acceptors (Lipinski definition) is 4. The Morgan fingerprint density at radius 1 is 1.15 bits per heavy atom. The topological polar surface area (TPSA) is 75.7 Å². The highest BCUT2D eigenvalue weighted by Gasteiger charge is 2.22. The molecule has 1 aliphatic heterocycles. The van der Waals surface area contributed by atoms with E-state index in [2.05, 4.69) is 5.32 Å². The quantitative estimate of drug-likeness (QED) is 0.825. The van der Waals surface area contributed by atoms with E-state index < -0.39 is 11.9 Å². The Hall–Kier alpha value is -3.15. The number of ether oxygens (including phenoxy) is 1. The molecule has 2 aromatic rings. The Balaban J connectivity index is 1.60. The number of hydrogen-bond donors (Lipinski definition) is 1. The number of carbonyl (C=O) groups is 3. The molecular weight excluding hydrogens is 344 g/mol. The molecule has 0 radical (unpaired) electrons. The number of carbonyl (C=O) groups excluding carboxylic acids is 3. The third-order valence-corrected chi connectivity index (χ3v) is 4.68. The lowest BCUT2D eigenvalue weighted by Gasteiger charge is -2.16. The van der Waals surface area contributed by atoms with Crippen LogP contribution in [0.5, 0.6) is 0 Å². The highest BCUT2D eigenvalue weighted by atomic mass is 16.5. The average Bonchev–Trinajstić information content (AvgIpc) is 3.09. The molecule has 2 amide bonds. The van der Waals surface area contributed by atoms with Gasteiger partial charge in [-0.2, -0.15) is 0 Å². The molecule has 0 aromatic heterocycles. The minimum Gasteiger partial charge on any atom is -0.452 e. The van der Waals surface area contributed by atoms with Crippen LogP contribution in [-0.4, -0.2) is 30.9 Å². The summed E-state index contributed by atoms with van der Waals surface area (Å²) in [6, 6.07) is 12.3. The summed E-state index contributed by atoms with van der Waals surface area (Å²) in [6.07, 6.45) is 1.33. The zero-order valence-corrected chi connectivity index (χ0v) is 15.5. The number of benzene rings is 2. The summed E-state index contributed by atoms with van der Waals surface area (Å²) < 4.78 is 5.12. The molecule has 2 aromatic carbocycles. The minimum atomic E-state index is -0.598. The van der Waals surface area contributed by atoms with Crippen molar-refractivity contribution in [3.63, 3.8) is 0 Å². The third-order valence-electron chi connectivity index (χ3n) is 4.68. The van der Waals surface area contributed by atoms with Crippen molar-refractivity contribution in [1.82, 2.24) is 0 Å². The molecule has 1 aliphatic rings. The average molecular weight is 366 g/mol. The van der Waals surface area contributed by atoms with Gasteiger partial charge in [-0.15, -0.1) is 0 Å². The van der Waals surface area contributed by atoms with Gasteiger partial charge in [-0.25, -0.2) is 4.79 Å². The van der Waals surface area contributed by atoms with Gasteiger partial charge in [0.1, 0.15) is 0 Å². The van der Waals surface area contributed by atoms with Crippen LogP contribution in [0.2, 0.25) is 0 Å². The molecular formula is C21H22N2O4. The van der Waals surface area contributed by atoms with Gasteiger partial charge in [0.15, 0.2) is 6.61 Å². The van der Waals surface area contributed by atoms with Gasteiger partial charge < -0.3 is 15.0 Å². The third kappa shape index (κ3) is 4.34. The van der Waals surface area contributed by atoms with Gasteiger partial charge in [0.2, 0.25) is 5.91 Å². The molecule has 1 saturated heterocycles. The van der Waals surface area contributed by atoms with E-state index in [1.165, 1.54) is 0 Å². The highest BCUT2D eigenvalue weighted by Crippen LogP contribution is 2.22. The lowest BCUT2D eigenvalue weighted by atomic mass is 10.1. The summed E-state index contributed by atoms with van der Waals surface area (Å²) in [6.45, 7) is 4.15. The lowest BCUT2D eigenvalue weighted by Crippen LogP contribution is -2.24. The molecule has 6 heteroatoms. The first-order valence-electron chi connectivity index (χ1n) is 8.89. The van der Waals surface area contributed by atoms with Gasteiger partial charge in [0, 0.05) is 24.3 Å². The summed E-state index contributed by atoms with van der Waals surface area (Å²) in [4.78, 5) is 37.9. The largest absolute Gasteiger partial charge is 0.452 e. The molecule has 1 N–H and O–H groups in total. The van der Waals surface area contributed by atoms with E-state index in [1.54, 1.807) is 35.2 Å². The Morgan fingerprint density at radius 2 is 1.93 bits per heavy atom. The van der Waals surface area contributed by atoms with Crippen LogP contribution in [0.1, 0.15) is 34.3 Å². The number of anilines is 2. The molecule has 0 bridgehead atoms. The van der Waals surface area contributed by atoms with Crippen LogP contribution in [0.4, 0.5) is 11.4 Å². The molecule has 0 saturated carbocycles. The van der Waals surface area contributed by atoms with E-state index in [-0.39, 0.29) is 12.5 Å². The van der Waals surface area contributed by atoms with Crippen LogP contribution in [0, 0.1) is 13.8 Å². The maximum Gasteiger partial charge on any atom is 0.338 e. The molecule has 27 heavy (non-hydrogen) atoms. The van der Waals surface area contributed by atoms with Gasteiger partial charge in [-0.1, -0.05) is 18.2 Å². The van der Waals surface area contributed by atoms with E-state index in [1.807, 2.05) is 26.0 Å². The van der Waals surface area contributed by atoms with Crippen LogP contribution in [0.15, 0.2) is 42.5 Å². The lowest BCUT2D eigenvalue weighted by molar-refractivity contribution is -0.119. The predicted octanol–water partition coefficient (Wildman–Crippen LogP) is 3.23. The van der Waals surface area contributed by atoms with E-state index >= 15 is 0 Å². The fourth-order valence-corrected chi connectivity index (χ4v) is 3.01. The number of amides is 2. The summed E-state index contributed by atoms with van der Waals surface area (Å²) in [7, 11) is 0. The molecule has 6 nitrogen and oxygen atoms in total. The molecule has 1 heterocycles. The molecule has 3 rings (SSSR count). The van der Waals surface area contributed by atoms with E-state index in [0.29, 0.717) is 29.9 Å². The number of esters is 1. The number of nitrogens with zero attached hydrogens (tertiary/aromatic N) is 1. The van der Waals surface area contributed by atoms with Gasteiger partial charge in [0.25, 0.3) is 5.91 Å².